The Hall–Kier alpha value is -2.08. The minimum Gasteiger partial charge on any atom is -0.478 e. The molecule has 0 amide bonds. The number of aryl methyl sites for hydroxylation is 1. The summed E-state index contributed by atoms with van der Waals surface area (Å²) in [6, 6.07) is 3.53. The molecule has 1 aliphatic rings. The summed E-state index contributed by atoms with van der Waals surface area (Å²) >= 11 is 5.21. The highest BCUT2D eigenvalue weighted by atomic mass is 32.1. The van der Waals surface area contributed by atoms with E-state index in [1.54, 1.807) is 23.7 Å². The summed E-state index contributed by atoms with van der Waals surface area (Å²) in [5, 5.41) is 9.78. The van der Waals surface area contributed by atoms with Gasteiger partial charge in [-0.2, -0.15) is 0 Å². The van der Waals surface area contributed by atoms with Gasteiger partial charge in [-0.25, -0.2) is 4.79 Å². The van der Waals surface area contributed by atoms with Crippen LogP contribution in [0.2, 0.25) is 0 Å². The van der Waals surface area contributed by atoms with Crippen LogP contribution in [0, 0.1) is 4.51 Å². The van der Waals surface area contributed by atoms with Gasteiger partial charge in [0.05, 0.1) is 15.6 Å². The zero-order valence-corrected chi connectivity index (χ0v) is 10.3. The number of hydrogen-bond donors (Lipinski definition) is 1. The minimum absolute atomic E-state index is 0.110. The Balaban J connectivity index is 2.43. The van der Waals surface area contributed by atoms with Crippen molar-refractivity contribution in [2.75, 3.05) is 6.79 Å². The summed E-state index contributed by atoms with van der Waals surface area (Å²) < 4.78 is 12.6. The zero-order chi connectivity index (χ0) is 12.9. The molecule has 2 heterocycles. The Labute approximate surface area is 107 Å². The van der Waals surface area contributed by atoms with E-state index in [1.165, 1.54) is 6.20 Å². The number of rotatable bonds is 1. The summed E-state index contributed by atoms with van der Waals surface area (Å²) in [7, 11) is 1.77. The lowest BCUT2D eigenvalue weighted by Gasteiger charge is -2.09. The summed E-state index contributed by atoms with van der Waals surface area (Å²) in [4.78, 5) is 11.1. The van der Waals surface area contributed by atoms with Crippen LogP contribution < -0.4 is 9.47 Å². The second kappa shape index (κ2) is 3.71. The van der Waals surface area contributed by atoms with E-state index >= 15 is 0 Å². The van der Waals surface area contributed by atoms with Crippen LogP contribution in [0.4, 0.5) is 0 Å². The summed E-state index contributed by atoms with van der Waals surface area (Å²) in [5.41, 5.74) is 0.924. The molecule has 0 radical (unpaired) electrons. The molecule has 18 heavy (non-hydrogen) atoms. The fraction of sp³-hybridized carbons (Fsp3) is 0.167. The number of carboxylic acid groups (broad SMARTS) is 1. The van der Waals surface area contributed by atoms with Gasteiger partial charge in [-0.1, -0.05) is 12.2 Å². The molecule has 0 saturated heterocycles. The zero-order valence-electron chi connectivity index (χ0n) is 9.47. The van der Waals surface area contributed by atoms with Crippen LogP contribution in [0.25, 0.3) is 10.9 Å². The van der Waals surface area contributed by atoms with Gasteiger partial charge in [-0.15, -0.1) is 0 Å². The third-order valence-corrected chi connectivity index (χ3v) is 3.35. The molecule has 1 N–H and O–H groups in total. The molecule has 2 aromatic rings. The first-order valence-corrected chi connectivity index (χ1v) is 5.65. The van der Waals surface area contributed by atoms with Crippen molar-refractivity contribution >= 4 is 29.1 Å². The molecule has 0 spiro atoms. The second-order valence-electron chi connectivity index (χ2n) is 4.01. The van der Waals surface area contributed by atoms with Gasteiger partial charge in [0.15, 0.2) is 11.5 Å². The SMILES string of the molecule is Cn1cc(C(=O)O)c(=S)c2cc3c(cc21)OCO3. The predicted molar refractivity (Wildman–Crippen MR) is 66.8 cm³/mol. The van der Waals surface area contributed by atoms with Gasteiger partial charge in [0.25, 0.3) is 0 Å². The van der Waals surface area contributed by atoms with Crippen LogP contribution in [0.3, 0.4) is 0 Å². The molecule has 92 valence electrons. The molecule has 0 fully saturated rings. The number of ether oxygens (including phenoxy) is 2. The first-order valence-electron chi connectivity index (χ1n) is 5.24. The molecule has 5 nitrogen and oxygen atoms in total. The molecular formula is C12H9NO4S. The number of nitrogens with zero attached hydrogens (tertiary/aromatic N) is 1. The van der Waals surface area contributed by atoms with Crippen LogP contribution in [0.15, 0.2) is 18.3 Å². The number of fused-ring (bicyclic) bond motifs is 2. The molecule has 1 aromatic carbocycles. The Morgan fingerprint density at radius 3 is 2.72 bits per heavy atom. The summed E-state index contributed by atoms with van der Waals surface area (Å²) in [5.74, 6) is 0.210. The van der Waals surface area contributed by atoms with Crippen LogP contribution in [0.5, 0.6) is 11.5 Å². The Morgan fingerprint density at radius 1 is 1.39 bits per heavy atom. The summed E-state index contributed by atoms with van der Waals surface area (Å²) in [6.07, 6.45) is 1.51. The predicted octanol–water partition coefficient (Wildman–Crippen LogP) is 2.33. The van der Waals surface area contributed by atoms with Crippen LogP contribution in [0.1, 0.15) is 10.4 Å². The quantitative estimate of drug-likeness (QED) is 0.800. The first-order chi connectivity index (χ1) is 8.58. The molecule has 6 heteroatoms. The van der Waals surface area contributed by atoms with Crippen molar-refractivity contribution in [3.8, 4) is 11.5 Å². The van der Waals surface area contributed by atoms with E-state index in [-0.39, 0.29) is 12.4 Å². The largest absolute Gasteiger partial charge is 0.478 e. The number of pyridine rings is 1. The van der Waals surface area contributed by atoms with Gasteiger partial charge in [0.1, 0.15) is 0 Å². The molecular weight excluding hydrogens is 254 g/mol. The number of carbonyl (C=O) groups is 1. The van der Waals surface area contributed by atoms with E-state index in [0.29, 0.717) is 21.4 Å². The normalized spacial score (nSPS) is 12.9. The van der Waals surface area contributed by atoms with Gasteiger partial charge in [0.2, 0.25) is 6.79 Å². The maximum absolute atomic E-state index is 11.1. The highest BCUT2D eigenvalue weighted by Crippen LogP contribution is 2.36. The van der Waals surface area contributed by atoms with E-state index in [9.17, 15) is 4.79 Å². The van der Waals surface area contributed by atoms with Gasteiger partial charge < -0.3 is 19.1 Å². The highest BCUT2D eigenvalue weighted by Gasteiger charge is 2.18. The average Bonchev–Trinajstić information content (AvgIpc) is 2.78. The number of hydrogen-bond acceptors (Lipinski definition) is 4. The Kier molecular flexibility index (Phi) is 2.27. The van der Waals surface area contributed by atoms with Crippen LogP contribution >= 0.6 is 12.2 Å². The number of aromatic nitrogens is 1. The highest BCUT2D eigenvalue weighted by molar-refractivity contribution is 7.71. The number of benzene rings is 1. The van der Waals surface area contributed by atoms with Crippen molar-refractivity contribution in [3.63, 3.8) is 0 Å². The number of aromatic carboxylic acids is 1. The Bertz CT molecular complexity index is 735. The fourth-order valence-electron chi connectivity index (χ4n) is 2.02. The van der Waals surface area contributed by atoms with Crippen molar-refractivity contribution in [1.29, 1.82) is 0 Å². The first kappa shape index (κ1) is 11.0. The molecule has 0 saturated carbocycles. The van der Waals surface area contributed by atoms with Crippen LogP contribution in [-0.2, 0) is 7.05 Å². The third kappa shape index (κ3) is 1.46. The lowest BCUT2D eigenvalue weighted by Crippen LogP contribution is -2.03. The molecule has 1 aliphatic heterocycles. The van der Waals surface area contributed by atoms with E-state index in [0.717, 1.165) is 5.52 Å². The lowest BCUT2D eigenvalue weighted by atomic mass is 10.1. The van der Waals surface area contributed by atoms with Crippen molar-refractivity contribution in [2.24, 2.45) is 7.05 Å². The maximum Gasteiger partial charge on any atom is 0.338 e. The standard InChI is InChI=1S/C12H9NO4S/c1-13-4-7(12(14)15)11(18)6-2-9-10(3-8(6)13)17-5-16-9/h2-4H,5H2,1H3,(H,14,15). The second-order valence-corrected chi connectivity index (χ2v) is 4.42. The third-order valence-electron chi connectivity index (χ3n) is 2.91. The van der Waals surface area contributed by atoms with Crippen molar-refractivity contribution < 1.29 is 19.4 Å². The molecule has 1 aromatic heterocycles. The van der Waals surface area contributed by atoms with Gasteiger partial charge in [-0.3, -0.25) is 0 Å². The maximum atomic E-state index is 11.1. The van der Waals surface area contributed by atoms with Gasteiger partial charge in [-0.05, 0) is 6.07 Å². The molecule has 0 unspecified atom stereocenters. The number of carboxylic acids is 1. The van der Waals surface area contributed by atoms with Crippen LogP contribution in [-0.4, -0.2) is 22.4 Å². The smallest absolute Gasteiger partial charge is 0.338 e. The van der Waals surface area contributed by atoms with Gasteiger partial charge >= 0.3 is 5.97 Å². The van der Waals surface area contributed by atoms with Gasteiger partial charge in [0, 0.05) is 24.7 Å². The minimum atomic E-state index is -1.03. The molecule has 0 aliphatic carbocycles. The van der Waals surface area contributed by atoms with E-state index in [1.807, 2.05) is 0 Å². The molecule has 0 bridgehead atoms. The molecule has 3 rings (SSSR count). The lowest BCUT2D eigenvalue weighted by molar-refractivity contribution is 0.0695. The van der Waals surface area contributed by atoms with E-state index in [4.69, 9.17) is 26.8 Å². The average molecular weight is 263 g/mol. The Morgan fingerprint density at radius 2 is 2.06 bits per heavy atom. The van der Waals surface area contributed by atoms with Crippen molar-refractivity contribution in [1.82, 2.24) is 4.57 Å². The van der Waals surface area contributed by atoms with E-state index < -0.39 is 5.97 Å². The topological polar surface area (TPSA) is 60.7 Å². The van der Waals surface area contributed by atoms with Crippen molar-refractivity contribution in [3.05, 3.63) is 28.4 Å². The fourth-order valence-corrected chi connectivity index (χ4v) is 2.33. The molecule has 0 atom stereocenters. The van der Waals surface area contributed by atoms with E-state index in [2.05, 4.69) is 0 Å². The monoisotopic (exact) mass is 263 g/mol. The van der Waals surface area contributed by atoms with Crippen molar-refractivity contribution in [2.45, 2.75) is 0 Å². The summed E-state index contributed by atoms with van der Waals surface area (Å²) in [6.45, 7) is 0.175.